The van der Waals surface area contributed by atoms with Crippen LogP contribution in [0.2, 0.25) is 5.02 Å². The highest BCUT2D eigenvalue weighted by Crippen LogP contribution is 2.39. The highest BCUT2D eigenvalue weighted by Gasteiger charge is 2.25. The molecule has 2 heterocycles. The van der Waals surface area contributed by atoms with Gasteiger partial charge in [-0.15, -0.1) is 11.3 Å². The van der Waals surface area contributed by atoms with E-state index in [1.807, 2.05) is 6.07 Å². The minimum Gasteiger partial charge on any atom is -0.465 e. The Bertz CT molecular complexity index is 631. The van der Waals surface area contributed by atoms with E-state index in [1.165, 1.54) is 18.4 Å². The number of carbonyl (C=O) groups excluding carboxylic acids is 1. The van der Waals surface area contributed by atoms with Crippen molar-refractivity contribution in [3.8, 4) is 0 Å². The van der Waals surface area contributed by atoms with Crippen molar-refractivity contribution >= 4 is 39.0 Å². The Morgan fingerprint density at radius 3 is 2.84 bits per heavy atom. The van der Waals surface area contributed by atoms with Crippen molar-refractivity contribution in [3.63, 3.8) is 0 Å². The van der Waals surface area contributed by atoms with Crippen LogP contribution in [0.15, 0.2) is 18.2 Å². The van der Waals surface area contributed by atoms with Crippen molar-refractivity contribution < 1.29 is 19.0 Å². The second-order valence-electron chi connectivity index (χ2n) is 4.06. The third-order valence-electron chi connectivity index (χ3n) is 2.92. The average Bonchev–Trinajstić information content (AvgIpc) is 3.06. The topological polar surface area (TPSA) is 44.8 Å². The van der Waals surface area contributed by atoms with E-state index in [4.69, 9.17) is 25.8 Å². The minimum atomic E-state index is -0.458. The maximum Gasteiger partial charge on any atom is 0.348 e. The molecule has 1 aliphatic rings. The van der Waals surface area contributed by atoms with Gasteiger partial charge in [0.1, 0.15) is 4.88 Å². The van der Waals surface area contributed by atoms with Crippen molar-refractivity contribution in [2.45, 2.75) is 6.29 Å². The first-order valence-electron chi connectivity index (χ1n) is 5.74. The van der Waals surface area contributed by atoms with E-state index in [1.54, 1.807) is 12.1 Å². The number of esters is 1. The van der Waals surface area contributed by atoms with Crippen molar-refractivity contribution in [1.29, 1.82) is 0 Å². The Kier molecular flexibility index (Phi) is 3.45. The Morgan fingerprint density at radius 1 is 1.42 bits per heavy atom. The second kappa shape index (κ2) is 5.09. The van der Waals surface area contributed by atoms with Gasteiger partial charge in [0.2, 0.25) is 0 Å². The van der Waals surface area contributed by atoms with Gasteiger partial charge in [-0.3, -0.25) is 0 Å². The van der Waals surface area contributed by atoms with Crippen LogP contribution in [0.5, 0.6) is 0 Å². The predicted molar refractivity (Wildman–Crippen MR) is 72.8 cm³/mol. The summed E-state index contributed by atoms with van der Waals surface area (Å²) in [6.07, 6.45) is -0.458. The van der Waals surface area contributed by atoms with Gasteiger partial charge in [-0.2, -0.15) is 0 Å². The van der Waals surface area contributed by atoms with Crippen molar-refractivity contribution in [2.24, 2.45) is 0 Å². The van der Waals surface area contributed by atoms with Crippen molar-refractivity contribution in [2.75, 3.05) is 20.3 Å². The van der Waals surface area contributed by atoms with Gasteiger partial charge in [0.05, 0.1) is 25.3 Å². The van der Waals surface area contributed by atoms with E-state index in [2.05, 4.69) is 0 Å². The van der Waals surface area contributed by atoms with Gasteiger partial charge in [-0.1, -0.05) is 17.7 Å². The van der Waals surface area contributed by atoms with Crippen molar-refractivity contribution in [1.82, 2.24) is 0 Å². The molecule has 0 saturated carbocycles. The minimum absolute atomic E-state index is 0.350. The molecule has 1 fully saturated rings. The second-order valence-corrected chi connectivity index (χ2v) is 5.51. The molecule has 1 saturated heterocycles. The number of ether oxygens (including phenoxy) is 3. The Morgan fingerprint density at radius 2 is 2.16 bits per heavy atom. The van der Waals surface area contributed by atoms with Crippen LogP contribution in [-0.2, 0) is 14.2 Å². The maximum atomic E-state index is 11.6. The first-order chi connectivity index (χ1) is 9.20. The molecule has 1 aromatic heterocycles. The lowest BCUT2D eigenvalue weighted by Gasteiger charge is -2.12. The lowest BCUT2D eigenvalue weighted by atomic mass is 10.1. The van der Waals surface area contributed by atoms with Crippen LogP contribution in [0.3, 0.4) is 0 Å². The number of benzene rings is 1. The van der Waals surface area contributed by atoms with E-state index >= 15 is 0 Å². The highest BCUT2D eigenvalue weighted by molar-refractivity contribution is 7.21. The summed E-state index contributed by atoms with van der Waals surface area (Å²) in [4.78, 5) is 12.1. The lowest BCUT2D eigenvalue weighted by Crippen LogP contribution is -1.99. The molecule has 19 heavy (non-hydrogen) atoms. The summed E-state index contributed by atoms with van der Waals surface area (Å²) in [5, 5.41) is 1.52. The van der Waals surface area contributed by atoms with Gasteiger partial charge < -0.3 is 14.2 Å². The molecule has 1 aliphatic heterocycles. The molecule has 0 amide bonds. The third-order valence-corrected chi connectivity index (χ3v) is 4.41. The maximum absolute atomic E-state index is 11.6. The largest absolute Gasteiger partial charge is 0.465 e. The highest BCUT2D eigenvalue weighted by atomic mass is 35.5. The molecule has 0 radical (unpaired) electrons. The molecule has 2 aromatic rings. The lowest BCUT2D eigenvalue weighted by molar-refractivity contribution is -0.0428. The van der Waals surface area contributed by atoms with E-state index < -0.39 is 6.29 Å². The Labute approximate surface area is 118 Å². The zero-order valence-corrected chi connectivity index (χ0v) is 11.7. The summed E-state index contributed by atoms with van der Waals surface area (Å²) in [6, 6.07) is 5.46. The number of halogens is 1. The van der Waals surface area contributed by atoms with Gasteiger partial charge in [0.15, 0.2) is 6.29 Å². The summed E-state index contributed by atoms with van der Waals surface area (Å²) in [7, 11) is 1.36. The van der Waals surface area contributed by atoms with Crippen LogP contribution in [0.1, 0.15) is 21.5 Å². The zero-order valence-electron chi connectivity index (χ0n) is 10.1. The molecule has 0 aliphatic carbocycles. The average molecular weight is 299 g/mol. The van der Waals surface area contributed by atoms with Crippen LogP contribution in [0.25, 0.3) is 10.1 Å². The smallest absolute Gasteiger partial charge is 0.348 e. The molecule has 6 heteroatoms. The fourth-order valence-electron chi connectivity index (χ4n) is 2.05. The number of rotatable bonds is 2. The van der Waals surface area contributed by atoms with Crippen LogP contribution >= 0.6 is 22.9 Å². The van der Waals surface area contributed by atoms with E-state index in [0.717, 1.165) is 15.6 Å². The number of fused-ring (bicyclic) bond motifs is 1. The Balaban J connectivity index is 2.15. The molecule has 0 unspecified atom stereocenters. The van der Waals surface area contributed by atoms with Crippen LogP contribution in [0.4, 0.5) is 0 Å². The van der Waals surface area contributed by atoms with Crippen molar-refractivity contribution in [3.05, 3.63) is 33.7 Å². The van der Waals surface area contributed by atoms with Crippen LogP contribution in [-0.4, -0.2) is 26.3 Å². The fourth-order valence-corrected chi connectivity index (χ4v) is 3.48. The van der Waals surface area contributed by atoms with Gasteiger partial charge in [0.25, 0.3) is 0 Å². The molecule has 0 spiro atoms. The number of carbonyl (C=O) groups is 1. The molecular formula is C13H11ClO4S. The number of hydrogen-bond donors (Lipinski definition) is 0. The van der Waals surface area contributed by atoms with E-state index in [0.29, 0.717) is 23.1 Å². The summed E-state index contributed by atoms with van der Waals surface area (Å²) in [6.45, 7) is 1.10. The van der Waals surface area contributed by atoms with Gasteiger partial charge >= 0.3 is 5.97 Å². The monoisotopic (exact) mass is 298 g/mol. The first-order valence-corrected chi connectivity index (χ1v) is 6.93. The fraction of sp³-hybridized carbons (Fsp3) is 0.308. The van der Waals surface area contributed by atoms with Gasteiger partial charge in [0, 0.05) is 10.3 Å². The van der Waals surface area contributed by atoms with Crippen LogP contribution in [0, 0.1) is 0 Å². The first kappa shape index (κ1) is 12.9. The molecule has 0 bridgehead atoms. The van der Waals surface area contributed by atoms with Crippen LogP contribution < -0.4 is 0 Å². The van der Waals surface area contributed by atoms with Gasteiger partial charge in [-0.25, -0.2) is 4.79 Å². The molecule has 3 rings (SSSR count). The third kappa shape index (κ3) is 2.23. The molecule has 0 atom stereocenters. The predicted octanol–water partition coefficient (Wildman–Crippen LogP) is 3.39. The number of thiophene rings is 1. The van der Waals surface area contributed by atoms with Gasteiger partial charge in [-0.05, 0) is 17.5 Å². The summed E-state index contributed by atoms with van der Waals surface area (Å²) >= 11 is 7.58. The molecular weight excluding hydrogens is 288 g/mol. The molecule has 1 aromatic carbocycles. The molecule has 100 valence electrons. The SMILES string of the molecule is COC(=O)c1cc2ccc(Cl)c(C3OCCO3)c2s1. The van der Waals surface area contributed by atoms with E-state index in [-0.39, 0.29) is 5.97 Å². The normalized spacial score (nSPS) is 16.1. The summed E-state index contributed by atoms with van der Waals surface area (Å²) in [5.74, 6) is -0.350. The summed E-state index contributed by atoms with van der Waals surface area (Å²) in [5.41, 5.74) is 0.789. The number of hydrogen-bond acceptors (Lipinski definition) is 5. The quantitative estimate of drug-likeness (QED) is 0.797. The zero-order chi connectivity index (χ0) is 13.4. The Hall–Kier alpha value is -1.14. The molecule has 4 nitrogen and oxygen atoms in total. The molecule has 0 N–H and O–H groups in total. The number of methoxy groups -OCH3 is 1. The standard InChI is InChI=1S/C13H11ClO4S/c1-16-12(15)9-6-7-2-3-8(14)10(11(7)19-9)13-17-4-5-18-13/h2-3,6,13H,4-5H2,1H3. The summed E-state index contributed by atoms with van der Waals surface area (Å²) < 4.78 is 16.7. The van der Waals surface area contributed by atoms with E-state index in [9.17, 15) is 4.79 Å².